The number of nitrogens with zero attached hydrogens (tertiary/aromatic N) is 1. The molecule has 1 heterocycles. The van der Waals surface area contributed by atoms with Crippen molar-refractivity contribution in [2.75, 3.05) is 40.4 Å². The van der Waals surface area contributed by atoms with E-state index in [1.165, 1.54) is 36.7 Å². The van der Waals surface area contributed by atoms with Gasteiger partial charge in [-0.3, -0.25) is 0 Å². The van der Waals surface area contributed by atoms with Gasteiger partial charge < -0.3 is 14.8 Å². The molecule has 1 N–H and O–H groups in total. The number of halogens is 1. The van der Waals surface area contributed by atoms with Crippen molar-refractivity contribution < 1.29 is 22.7 Å². The third kappa shape index (κ3) is 4.35. The Morgan fingerprint density at radius 1 is 1.22 bits per heavy atom. The molecule has 1 aromatic rings. The molecule has 0 saturated carbocycles. The second-order valence-electron chi connectivity index (χ2n) is 4.86. The molecular formula is C14H21ClN2O5S. The summed E-state index contributed by atoms with van der Waals surface area (Å²) in [6.07, 6.45) is 0.749. The van der Waals surface area contributed by atoms with Gasteiger partial charge in [-0.05, 0) is 31.2 Å². The van der Waals surface area contributed by atoms with Crippen molar-refractivity contribution >= 4 is 28.4 Å². The lowest BCUT2D eigenvalue weighted by atomic mass is 10.2. The van der Waals surface area contributed by atoms with Crippen molar-refractivity contribution in [3.63, 3.8) is 0 Å². The number of methoxy groups -OCH3 is 2. The highest BCUT2D eigenvalue weighted by molar-refractivity contribution is 7.89. The fraction of sp³-hybridized carbons (Fsp3) is 0.500. The molecule has 23 heavy (non-hydrogen) atoms. The van der Waals surface area contributed by atoms with Crippen LogP contribution >= 0.6 is 12.4 Å². The third-order valence-corrected chi connectivity index (χ3v) is 5.41. The molecule has 1 aromatic carbocycles. The average molecular weight is 365 g/mol. The molecule has 0 atom stereocenters. The van der Waals surface area contributed by atoms with Gasteiger partial charge in [0.15, 0.2) is 0 Å². The number of carbonyl (C=O) groups excluding carboxylic acids is 1. The predicted molar refractivity (Wildman–Crippen MR) is 87.8 cm³/mol. The van der Waals surface area contributed by atoms with Crippen LogP contribution in [-0.4, -0.2) is 59.1 Å². The van der Waals surface area contributed by atoms with Crippen molar-refractivity contribution in [1.29, 1.82) is 0 Å². The Morgan fingerprint density at radius 2 is 1.96 bits per heavy atom. The first-order valence-corrected chi connectivity index (χ1v) is 8.42. The molecule has 9 heteroatoms. The van der Waals surface area contributed by atoms with E-state index in [0.717, 1.165) is 13.0 Å². The number of sulfonamides is 1. The molecule has 0 bridgehead atoms. The topological polar surface area (TPSA) is 84.9 Å². The van der Waals surface area contributed by atoms with Gasteiger partial charge in [0.1, 0.15) is 11.3 Å². The zero-order chi connectivity index (χ0) is 16.2. The maximum absolute atomic E-state index is 12.7. The molecule has 0 aromatic heterocycles. The summed E-state index contributed by atoms with van der Waals surface area (Å²) >= 11 is 0. The van der Waals surface area contributed by atoms with Crippen molar-refractivity contribution in [2.24, 2.45) is 0 Å². The number of rotatable bonds is 4. The normalized spacial score (nSPS) is 16.1. The van der Waals surface area contributed by atoms with Gasteiger partial charge in [-0.25, -0.2) is 13.2 Å². The lowest BCUT2D eigenvalue weighted by Crippen LogP contribution is -2.34. The van der Waals surface area contributed by atoms with Crippen LogP contribution < -0.4 is 10.1 Å². The maximum atomic E-state index is 12.7. The highest BCUT2D eigenvalue weighted by Gasteiger charge is 2.27. The quantitative estimate of drug-likeness (QED) is 0.798. The van der Waals surface area contributed by atoms with Crippen LogP contribution in [0.15, 0.2) is 23.1 Å². The van der Waals surface area contributed by atoms with Crippen LogP contribution in [-0.2, 0) is 14.8 Å². The van der Waals surface area contributed by atoms with Crippen LogP contribution in [0.5, 0.6) is 5.75 Å². The lowest BCUT2D eigenvalue weighted by Gasteiger charge is -2.20. The molecular weight excluding hydrogens is 344 g/mol. The Morgan fingerprint density at radius 3 is 2.61 bits per heavy atom. The van der Waals surface area contributed by atoms with E-state index in [9.17, 15) is 13.2 Å². The lowest BCUT2D eigenvalue weighted by molar-refractivity contribution is 0.0597. The number of benzene rings is 1. The van der Waals surface area contributed by atoms with Gasteiger partial charge in [-0.2, -0.15) is 4.31 Å². The fourth-order valence-corrected chi connectivity index (χ4v) is 3.83. The summed E-state index contributed by atoms with van der Waals surface area (Å²) in [5, 5.41) is 3.16. The zero-order valence-corrected chi connectivity index (χ0v) is 14.7. The Hall–Kier alpha value is -1.35. The van der Waals surface area contributed by atoms with E-state index in [1.54, 1.807) is 0 Å². The molecule has 1 fully saturated rings. The molecule has 2 rings (SSSR count). The highest BCUT2D eigenvalue weighted by atomic mass is 35.5. The van der Waals surface area contributed by atoms with Crippen molar-refractivity contribution in [3.8, 4) is 5.75 Å². The van der Waals surface area contributed by atoms with Gasteiger partial charge in [0.25, 0.3) is 0 Å². The monoisotopic (exact) mass is 364 g/mol. The molecule has 0 spiro atoms. The molecule has 0 unspecified atom stereocenters. The Labute approximate surface area is 142 Å². The Bertz CT molecular complexity index is 643. The minimum absolute atomic E-state index is 0. The van der Waals surface area contributed by atoms with E-state index in [2.05, 4.69) is 10.1 Å². The second kappa shape index (κ2) is 8.49. The van der Waals surface area contributed by atoms with Crippen molar-refractivity contribution in [3.05, 3.63) is 23.8 Å². The number of carbonyl (C=O) groups is 1. The van der Waals surface area contributed by atoms with Gasteiger partial charge in [0.05, 0.1) is 19.1 Å². The first kappa shape index (κ1) is 19.7. The first-order chi connectivity index (χ1) is 10.5. The number of ether oxygens (including phenoxy) is 2. The third-order valence-electron chi connectivity index (χ3n) is 3.51. The standard InChI is InChI=1S/C14H20N2O5S.ClH/c1-20-13-5-4-11(10-12(13)14(17)21-2)22(18,19)16-8-3-6-15-7-9-16;/h4-5,10,15H,3,6-9H2,1-2H3;1H. The number of hydrogen-bond donors (Lipinski definition) is 1. The zero-order valence-electron chi connectivity index (χ0n) is 13.1. The number of hydrogen-bond acceptors (Lipinski definition) is 6. The van der Waals surface area contributed by atoms with Crippen LogP contribution in [0.25, 0.3) is 0 Å². The Kier molecular flexibility index (Phi) is 7.27. The molecule has 0 amide bonds. The maximum Gasteiger partial charge on any atom is 0.341 e. The van der Waals surface area contributed by atoms with Gasteiger partial charge in [-0.15, -0.1) is 12.4 Å². The van der Waals surface area contributed by atoms with Crippen LogP contribution in [0.4, 0.5) is 0 Å². The van der Waals surface area contributed by atoms with Crippen molar-refractivity contribution in [1.82, 2.24) is 9.62 Å². The minimum Gasteiger partial charge on any atom is -0.496 e. The molecule has 1 saturated heterocycles. The van der Waals surface area contributed by atoms with E-state index < -0.39 is 16.0 Å². The Balaban J connectivity index is 0.00000264. The summed E-state index contributed by atoms with van der Waals surface area (Å²) in [5.41, 5.74) is 0.0963. The number of nitrogens with one attached hydrogen (secondary N) is 1. The SMILES string of the molecule is COC(=O)c1cc(S(=O)(=O)N2CCCNCC2)ccc1OC.Cl. The molecule has 130 valence electrons. The summed E-state index contributed by atoms with van der Waals surface area (Å²) in [7, 11) is -0.992. The van der Waals surface area contributed by atoms with Gasteiger partial charge >= 0.3 is 5.97 Å². The van der Waals surface area contributed by atoms with E-state index in [0.29, 0.717) is 19.6 Å². The van der Waals surface area contributed by atoms with Crippen LogP contribution in [0, 0.1) is 0 Å². The van der Waals surface area contributed by atoms with E-state index in [1.807, 2.05) is 0 Å². The first-order valence-electron chi connectivity index (χ1n) is 6.98. The predicted octanol–water partition coefficient (Wildman–Crippen LogP) is 0.888. The van der Waals surface area contributed by atoms with Crippen LogP contribution in [0.1, 0.15) is 16.8 Å². The minimum atomic E-state index is -3.64. The van der Waals surface area contributed by atoms with Gasteiger partial charge in [0.2, 0.25) is 10.0 Å². The second-order valence-corrected chi connectivity index (χ2v) is 6.80. The average Bonchev–Trinajstić information content (AvgIpc) is 2.83. The fourth-order valence-electron chi connectivity index (χ4n) is 2.33. The van der Waals surface area contributed by atoms with E-state index in [-0.39, 0.29) is 28.6 Å². The van der Waals surface area contributed by atoms with Crippen LogP contribution in [0.3, 0.4) is 0 Å². The number of esters is 1. The summed E-state index contributed by atoms with van der Waals surface area (Å²) in [4.78, 5) is 11.8. The smallest absolute Gasteiger partial charge is 0.341 e. The molecule has 7 nitrogen and oxygen atoms in total. The highest BCUT2D eigenvalue weighted by Crippen LogP contribution is 2.25. The van der Waals surface area contributed by atoms with Gasteiger partial charge in [0, 0.05) is 19.6 Å². The van der Waals surface area contributed by atoms with Crippen molar-refractivity contribution in [2.45, 2.75) is 11.3 Å². The summed E-state index contributed by atoms with van der Waals surface area (Å²) in [5.74, 6) is -0.352. The molecule has 1 aliphatic heterocycles. The van der Waals surface area contributed by atoms with Gasteiger partial charge in [-0.1, -0.05) is 0 Å². The molecule has 0 aliphatic carbocycles. The largest absolute Gasteiger partial charge is 0.496 e. The molecule has 1 aliphatic rings. The summed E-state index contributed by atoms with van der Waals surface area (Å²) < 4.78 is 36.6. The summed E-state index contributed by atoms with van der Waals surface area (Å²) in [6.45, 7) is 2.26. The summed E-state index contributed by atoms with van der Waals surface area (Å²) in [6, 6.07) is 4.21. The molecule has 0 radical (unpaired) electrons. The van der Waals surface area contributed by atoms with E-state index in [4.69, 9.17) is 4.74 Å². The van der Waals surface area contributed by atoms with Crippen LogP contribution in [0.2, 0.25) is 0 Å². The van der Waals surface area contributed by atoms with E-state index >= 15 is 0 Å².